The van der Waals surface area contributed by atoms with Crippen LogP contribution < -0.4 is 0 Å². The smallest absolute Gasteiger partial charge is 0.253 e. The highest BCUT2D eigenvalue weighted by Crippen LogP contribution is 2.16. The number of carbonyl (C=O) groups is 1. The molecule has 1 heterocycles. The minimum atomic E-state index is -0.285. The van der Waals surface area contributed by atoms with Crippen molar-refractivity contribution in [2.24, 2.45) is 0 Å². The van der Waals surface area contributed by atoms with Gasteiger partial charge in [0, 0.05) is 30.6 Å². The van der Waals surface area contributed by atoms with Gasteiger partial charge in [0.1, 0.15) is 0 Å². The number of carbonyl (C=O) groups excluding carboxylic acids is 1. The summed E-state index contributed by atoms with van der Waals surface area (Å²) in [5.74, 6) is 5.88. The van der Waals surface area contributed by atoms with Gasteiger partial charge in [-0.25, -0.2) is 0 Å². The summed E-state index contributed by atoms with van der Waals surface area (Å²) in [4.78, 5) is 14.2. The highest BCUT2D eigenvalue weighted by atomic mass is 16.3. The summed E-state index contributed by atoms with van der Waals surface area (Å²) in [6, 6.07) is 5.53. The van der Waals surface area contributed by atoms with Crippen molar-refractivity contribution in [3.63, 3.8) is 0 Å². The van der Waals surface area contributed by atoms with Gasteiger partial charge in [-0.05, 0) is 37.5 Å². The van der Waals surface area contributed by atoms with Crippen molar-refractivity contribution in [3.8, 4) is 11.8 Å². The quantitative estimate of drug-likeness (QED) is 0.807. The topological polar surface area (TPSA) is 60.8 Å². The lowest BCUT2D eigenvalue weighted by Gasteiger charge is -2.29. The lowest BCUT2D eigenvalue weighted by atomic mass is 10.0. The fourth-order valence-corrected chi connectivity index (χ4v) is 2.35. The van der Waals surface area contributed by atoms with Crippen LogP contribution in [0.4, 0.5) is 0 Å². The van der Waals surface area contributed by atoms with Crippen LogP contribution >= 0.6 is 0 Å². The summed E-state index contributed by atoms with van der Waals surface area (Å²) in [5.41, 5.74) is 2.47. The second kappa shape index (κ2) is 7.26. The van der Waals surface area contributed by atoms with Crippen molar-refractivity contribution in [1.29, 1.82) is 0 Å². The van der Waals surface area contributed by atoms with E-state index in [-0.39, 0.29) is 18.6 Å². The molecule has 21 heavy (non-hydrogen) atoms. The third-order valence-electron chi connectivity index (χ3n) is 3.70. The predicted octanol–water partition coefficient (Wildman–Crippen LogP) is 1.33. The normalized spacial score (nSPS) is 15.5. The van der Waals surface area contributed by atoms with Gasteiger partial charge in [-0.3, -0.25) is 4.79 Å². The maximum atomic E-state index is 12.5. The van der Waals surface area contributed by atoms with Crippen LogP contribution in [0.15, 0.2) is 18.2 Å². The number of piperidine rings is 1. The summed E-state index contributed by atoms with van der Waals surface area (Å²) in [6.07, 6.45) is 1.43. The standard InChI is InChI=1S/C17H21NO3/c1-13-5-6-15(12-14(13)4-2-3-11-19)17(21)18-9-7-16(20)8-10-18/h5-6,12,16,19-20H,3,7-11H2,1H3. The Morgan fingerprint density at radius 1 is 1.38 bits per heavy atom. The van der Waals surface area contributed by atoms with E-state index in [0.29, 0.717) is 37.9 Å². The maximum absolute atomic E-state index is 12.5. The Hall–Kier alpha value is -1.83. The van der Waals surface area contributed by atoms with Crippen LogP contribution in [0.3, 0.4) is 0 Å². The van der Waals surface area contributed by atoms with Gasteiger partial charge < -0.3 is 15.1 Å². The van der Waals surface area contributed by atoms with Crippen LogP contribution in [-0.2, 0) is 0 Å². The molecule has 1 aromatic carbocycles. The molecular formula is C17H21NO3. The van der Waals surface area contributed by atoms with Gasteiger partial charge in [0.25, 0.3) is 5.91 Å². The van der Waals surface area contributed by atoms with Gasteiger partial charge in [0.2, 0.25) is 0 Å². The van der Waals surface area contributed by atoms with E-state index < -0.39 is 0 Å². The molecule has 1 aromatic rings. The molecule has 0 unspecified atom stereocenters. The zero-order chi connectivity index (χ0) is 15.2. The Bertz CT molecular complexity index is 563. The first-order chi connectivity index (χ1) is 10.1. The molecular weight excluding hydrogens is 266 g/mol. The van der Waals surface area contributed by atoms with E-state index in [4.69, 9.17) is 5.11 Å². The number of likely N-dealkylation sites (tertiary alicyclic amines) is 1. The molecule has 1 amide bonds. The van der Waals surface area contributed by atoms with Crippen molar-refractivity contribution in [3.05, 3.63) is 34.9 Å². The molecule has 2 N–H and O–H groups in total. The largest absolute Gasteiger partial charge is 0.395 e. The Balaban J connectivity index is 2.15. The number of aliphatic hydroxyl groups excluding tert-OH is 2. The van der Waals surface area contributed by atoms with Crippen LogP contribution in [0.1, 0.15) is 40.7 Å². The number of benzene rings is 1. The van der Waals surface area contributed by atoms with E-state index in [9.17, 15) is 9.90 Å². The van der Waals surface area contributed by atoms with E-state index in [1.165, 1.54) is 0 Å². The van der Waals surface area contributed by atoms with Crippen LogP contribution in [0.25, 0.3) is 0 Å². The molecule has 1 aliphatic heterocycles. The molecule has 0 saturated carbocycles. The average Bonchev–Trinajstić information content (AvgIpc) is 2.49. The van der Waals surface area contributed by atoms with E-state index in [1.54, 1.807) is 4.90 Å². The second-order valence-corrected chi connectivity index (χ2v) is 5.33. The molecule has 4 nitrogen and oxygen atoms in total. The number of aliphatic hydroxyl groups is 2. The monoisotopic (exact) mass is 287 g/mol. The molecule has 112 valence electrons. The summed E-state index contributed by atoms with van der Waals surface area (Å²) < 4.78 is 0. The first kappa shape index (κ1) is 15.6. The third kappa shape index (κ3) is 4.07. The summed E-state index contributed by atoms with van der Waals surface area (Å²) >= 11 is 0. The third-order valence-corrected chi connectivity index (χ3v) is 3.70. The molecule has 0 aliphatic carbocycles. The molecule has 2 rings (SSSR count). The lowest BCUT2D eigenvalue weighted by Crippen LogP contribution is -2.40. The predicted molar refractivity (Wildman–Crippen MR) is 80.9 cm³/mol. The van der Waals surface area contributed by atoms with Gasteiger partial charge in [0.15, 0.2) is 0 Å². The van der Waals surface area contributed by atoms with Crippen LogP contribution in [-0.4, -0.2) is 46.8 Å². The molecule has 0 atom stereocenters. The Labute approximate surface area is 125 Å². The number of hydrogen-bond acceptors (Lipinski definition) is 3. The van der Waals surface area contributed by atoms with E-state index in [1.807, 2.05) is 25.1 Å². The molecule has 1 fully saturated rings. The summed E-state index contributed by atoms with van der Waals surface area (Å²) in [5, 5.41) is 18.3. The van der Waals surface area contributed by atoms with Crippen molar-refractivity contribution in [2.45, 2.75) is 32.3 Å². The van der Waals surface area contributed by atoms with Crippen LogP contribution in [0, 0.1) is 18.8 Å². The molecule has 0 spiro atoms. The van der Waals surface area contributed by atoms with Gasteiger partial charge in [-0.1, -0.05) is 17.9 Å². The van der Waals surface area contributed by atoms with E-state index in [0.717, 1.165) is 11.1 Å². The SMILES string of the molecule is Cc1ccc(C(=O)N2CCC(O)CC2)cc1C#CCCO. The van der Waals surface area contributed by atoms with Crippen molar-refractivity contribution in [2.75, 3.05) is 19.7 Å². The maximum Gasteiger partial charge on any atom is 0.253 e. The first-order valence-corrected chi connectivity index (χ1v) is 7.29. The number of hydrogen-bond donors (Lipinski definition) is 2. The zero-order valence-corrected chi connectivity index (χ0v) is 12.3. The molecule has 1 saturated heterocycles. The van der Waals surface area contributed by atoms with Crippen LogP contribution in [0.5, 0.6) is 0 Å². The number of nitrogens with zero attached hydrogens (tertiary/aromatic N) is 1. The van der Waals surface area contributed by atoms with Gasteiger partial charge in [-0.2, -0.15) is 0 Å². The van der Waals surface area contributed by atoms with Crippen molar-refractivity contribution in [1.82, 2.24) is 4.90 Å². The van der Waals surface area contributed by atoms with Crippen LogP contribution in [0.2, 0.25) is 0 Å². The molecule has 0 aromatic heterocycles. The highest BCUT2D eigenvalue weighted by Gasteiger charge is 2.22. The molecule has 0 radical (unpaired) electrons. The second-order valence-electron chi connectivity index (χ2n) is 5.33. The number of rotatable bonds is 2. The summed E-state index contributed by atoms with van der Waals surface area (Å²) in [7, 11) is 0. The Morgan fingerprint density at radius 2 is 2.10 bits per heavy atom. The number of amides is 1. The van der Waals surface area contributed by atoms with Gasteiger partial charge in [0.05, 0.1) is 12.7 Å². The Kier molecular flexibility index (Phi) is 5.38. The minimum absolute atomic E-state index is 0.00731. The first-order valence-electron chi connectivity index (χ1n) is 7.29. The average molecular weight is 287 g/mol. The zero-order valence-electron chi connectivity index (χ0n) is 12.3. The molecule has 0 bridgehead atoms. The minimum Gasteiger partial charge on any atom is -0.395 e. The lowest BCUT2D eigenvalue weighted by molar-refractivity contribution is 0.0546. The van der Waals surface area contributed by atoms with Crippen molar-refractivity contribution >= 4 is 5.91 Å². The number of aryl methyl sites for hydroxylation is 1. The highest BCUT2D eigenvalue weighted by molar-refractivity contribution is 5.94. The van der Waals surface area contributed by atoms with Gasteiger partial charge in [-0.15, -0.1) is 0 Å². The Morgan fingerprint density at radius 3 is 2.76 bits per heavy atom. The van der Waals surface area contributed by atoms with Gasteiger partial charge >= 0.3 is 0 Å². The molecule has 4 heteroatoms. The van der Waals surface area contributed by atoms with E-state index >= 15 is 0 Å². The fourth-order valence-electron chi connectivity index (χ4n) is 2.35. The van der Waals surface area contributed by atoms with E-state index in [2.05, 4.69) is 11.8 Å². The summed E-state index contributed by atoms with van der Waals surface area (Å²) in [6.45, 7) is 3.19. The fraction of sp³-hybridized carbons (Fsp3) is 0.471. The van der Waals surface area contributed by atoms with Crippen molar-refractivity contribution < 1.29 is 15.0 Å². The molecule has 1 aliphatic rings.